The maximum atomic E-state index is 11.7. The fourth-order valence-electron chi connectivity index (χ4n) is 1.92. The second-order valence-corrected chi connectivity index (χ2v) is 5.14. The Morgan fingerprint density at radius 1 is 1.20 bits per heavy atom. The lowest BCUT2D eigenvalue weighted by Crippen LogP contribution is -2.28. The van der Waals surface area contributed by atoms with E-state index in [1.165, 1.54) is 0 Å². The van der Waals surface area contributed by atoms with Gasteiger partial charge in [-0.05, 0) is 30.3 Å². The number of primary amides is 1. The number of para-hydroxylation sites is 1. The Kier molecular flexibility index (Phi) is 4.63. The van der Waals surface area contributed by atoms with Gasteiger partial charge in [0, 0.05) is 15.7 Å². The van der Waals surface area contributed by atoms with Crippen molar-refractivity contribution in [3.63, 3.8) is 0 Å². The first-order chi connectivity index (χ1) is 9.61. The van der Waals surface area contributed by atoms with Gasteiger partial charge in [-0.15, -0.1) is 0 Å². The van der Waals surface area contributed by atoms with Crippen LogP contribution >= 0.6 is 15.9 Å². The van der Waals surface area contributed by atoms with Crippen molar-refractivity contribution in [3.8, 4) is 5.75 Å². The molecule has 0 saturated carbocycles. The van der Waals surface area contributed by atoms with Crippen molar-refractivity contribution >= 4 is 27.5 Å². The minimum atomic E-state index is -0.646. The molecule has 0 aliphatic rings. The lowest BCUT2D eigenvalue weighted by atomic mass is 10.0. The summed E-state index contributed by atoms with van der Waals surface area (Å²) in [5.74, 6) is 0.165. The van der Waals surface area contributed by atoms with E-state index in [2.05, 4.69) is 21.2 Å². The van der Waals surface area contributed by atoms with Crippen molar-refractivity contribution < 1.29 is 9.53 Å². The van der Waals surface area contributed by atoms with Crippen molar-refractivity contribution in [2.45, 2.75) is 6.04 Å². The highest BCUT2D eigenvalue weighted by Gasteiger charge is 2.21. The zero-order chi connectivity index (χ0) is 14.5. The molecule has 0 aromatic heterocycles. The maximum Gasteiger partial charge on any atom is 0.244 e. The van der Waals surface area contributed by atoms with Crippen molar-refractivity contribution in [1.29, 1.82) is 0 Å². The highest BCUT2D eigenvalue weighted by atomic mass is 79.9. The molecule has 104 valence electrons. The van der Waals surface area contributed by atoms with Gasteiger partial charge in [0.15, 0.2) is 0 Å². The molecule has 0 spiro atoms. The summed E-state index contributed by atoms with van der Waals surface area (Å²) in [4.78, 5) is 11.7. The number of anilines is 1. The molecule has 3 N–H and O–H groups in total. The Balaban J connectivity index is 2.32. The van der Waals surface area contributed by atoms with Gasteiger partial charge in [-0.1, -0.05) is 34.1 Å². The second kappa shape index (κ2) is 6.43. The van der Waals surface area contributed by atoms with Crippen molar-refractivity contribution in [3.05, 3.63) is 58.6 Å². The largest absolute Gasteiger partial charge is 0.496 e. The summed E-state index contributed by atoms with van der Waals surface area (Å²) in [6, 6.07) is 14.2. The molecule has 4 nitrogen and oxygen atoms in total. The van der Waals surface area contributed by atoms with Crippen LogP contribution in [0.1, 0.15) is 11.6 Å². The summed E-state index contributed by atoms with van der Waals surface area (Å²) in [5.41, 5.74) is 7.03. The van der Waals surface area contributed by atoms with Crippen LogP contribution in [0.3, 0.4) is 0 Å². The number of carbonyl (C=O) groups is 1. The standard InChI is InChI=1S/C15H15BrN2O2/c1-20-13-5-3-2-4-12(13)14(15(17)19)18-11-8-6-10(16)7-9-11/h2-9,14,18H,1H3,(H2,17,19). The fourth-order valence-corrected chi connectivity index (χ4v) is 2.18. The molecule has 0 bridgehead atoms. The molecular formula is C15H15BrN2O2. The fraction of sp³-hybridized carbons (Fsp3) is 0.133. The van der Waals surface area contributed by atoms with E-state index >= 15 is 0 Å². The van der Waals surface area contributed by atoms with E-state index in [1.54, 1.807) is 13.2 Å². The molecule has 0 saturated heterocycles. The average Bonchev–Trinajstić information content (AvgIpc) is 2.46. The number of nitrogens with one attached hydrogen (secondary N) is 1. The molecule has 1 unspecified atom stereocenters. The topological polar surface area (TPSA) is 64.3 Å². The van der Waals surface area contributed by atoms with Crippen LogP contribution in [0.4, 0.5) is 5.69 Å². The monoisotopic (exact) mass is 334 g/mol. The van der Waals surface area contributed by atoms with Crippen molar-refractivity contribution in [1.82, 2.24) is 0 Å². The normalized spacial score (nSPS) is 11.7. The summed E-state index contributed by atoms with van der Waals surface area (Å²) >= 11 is 3.37. The number of hydrogen-bond donors (Lipinski definition) is 2. The summed E-state index contributed by atoms with van der Waals surface area (Å²) < 4.78 is 6.25. The molecule has 2 aromatic carbocycles. The molecule has 0 heterocycles. The number of ether oxygens (including phenoxy) is 1. The van der Waals surface area contributed by atoms with Crippen LogP contribution in [0.15, 0.2) is 53.0 Å². The molecular weight excluding hydrogens is 320 g/mol. The zero-order valence-electron chi connectivity index (χ0n) is 11.0. The smallest absolute Gasteiger partial charge is 0.244 e. The minimum absolute atomic E-state index is 0.461. The predicted molar refractivity (Wildman–Crippen MR) is 82.7 cm³/mol. The van der Waals surface area contributed by atoms with E-state index in [0.717, 1.165) is 10.2 Å². The van der Waals surface area contributed by atoms with Crippen LogP contribution < -0.4 is 15.8 Å². The lowest BCUT2D eigenvalue weighted by molar-refractivity contribution is -0.118. The Bertz CT molecular complexity index is 599. The SMILES string of the molecule is COc1ccccc1C(Nc1ccc(Br)cc1)C(N)=O. The third kappa shape index (κ3) is 3.30. The highest BCUT2D eigenvalue weighted by Crippen LogP contribution is 2.28. The zero-order valence-corrected chi connectivity index (χ0v) is 12.6. The minimum Gasteiger partial charge on any atom is -0.496 e. The van der Waals surface area contributed by atoms with Gasteiger partial charge in [-0.2, -0.15) is 0 Å². The maximum absolute atomic E-state index is 11.7. The summed E-state index contributed by atoms with van der Waals surface area (Å²) in [6.07, 6.45) is 0. The number of hydrogen-bond acceptors (Lipinski definition) is 3. The molecule has 0 aliphatic heterocycles. The van der Waals surface area contributed by atoms with Crippen molar-refractivity contribution in [2.24, 2.45) is 5.73 Å². The summed E-state index contributed by atoms with van der Waals surface area (Å²) in [6.45, 7) is 0. The van der Waals surface area contributed by atoms with E-state index < -0.39 is 11.9 Å². The van der Waals surface area contributed by atoms with E-state index in [9.17, 15) is 4.79 Å². The van der Waals surface area contributed by atoms with Gasteiger partial charge < -0.3 is 15.8 Å². The number of halogens is 1. The van der Waals surface area contributed by atoms with Gasteiger partial charge in [0.2, 0.25) is 5.91 Å². The van der Waals surface area contributed by atoms with Crippen LogP contribution in [0.25, 0.3) is 0 Å². The summed E-state index contributed by atoms with van der Waals surface area (Å²) in [7, 11) is 1.57. The number of methoxy groups -OCH3 is 1. The average molecular weight is 335 g/mol. The Morgan fingerprint density at radius 3 is 2.45 bits per heavy atom. The molecule has 2 rings (SSSR count). The molecule has 5 heteroatoms. The van der Waals surface area contributed by atoms with E-state index in [0.29, 0.717) is 11.3 Å². The molecule has 2 aromatic rings. The Morgan fingerprint density at radius 2 is 1.85 bits per heavy atom. The number of amides is 1. The molecule has 0 aliphatic carbocycles. The van der Waals surface area contributed by atoms with Gasteiger partial charge in [0.25, 0.3) is 0 Å². The Labute approximate surface area is 126 Å². The highest BCUT2D eigenvalue weighted by molar-refractivity contribution is 9.10. The third-order valence-electron chi connectivity index (χ3n) is 2.89. The molecule has 0 fully saturated rings. The first-order valence-corrected chi connectivity index (χ1v) is 6.85. The van der Waals surface area contributed by atoms with Crippen LogP contribution in [0.2, 0.25) is 0 Å². The molecule has 1 atom stereocenters. The van der Waals surface area contributed by atoms with Crippen LogP contribution in [-0.2, 0) is 4.79 Å². The first kappa shape index (κ1) is 14.4. The third-order valence-corrected chi connectivity index (χ3v) is 3.42. The molecule has 0 radical (unpaired) electrons. The number of rotatable bonds is 5. The molecule has 20 heavy (non-hydrogen) atoms. The lowest BCUT2D eigenvalue weighted by Gasteiger charge is -2.19. The van der Waals surface area contributed by atoms with Crippen LogP contribution in [-0.4, -0.2) is 13.0 Å². The van der Waals surface area contributed by atoms with Gasteiger partial charge >= 0.3 is 0 Å². The van der Waals surface area contributed by atoms with Gasteiger partial charge in [0.05, 0.1) is 7.11 Å². The van der Waals surface area contributed by atoms with Gasteiger partial charge in [-0.25, -0.2) is 0 Å². The van der Waals surface area contributed by atoms with E-state index in [4.69, 9.17) is 10.5 Å². The van der Waals surface area contributed by atoms with Gasteiger partial charge in [-0.3, -0.25) is 4.79 Å². The number of carbonyl (C=O) groups excluding carboxylic acids is 1. The predicted octanol–water partition coefficient (Wildman–Crippen LogP) is 3.10. The van der Waals surface area contributed by atoms with Crippen LogP contribution in [0, 0.1) is 0 Å². The van der Waals surface area contributed by atoms with Crippen LogP contribution in [0.5, 0.6) is 5.75 Å². The number of benzene rings is 2. The van der Waals surface area contributed by atoms with E-state index in [1.807, 2.05) is 42.5 Å². The number of nitrogens with two attached hydrogens (primary N) is 1. The van der Waals surface area contributed by atoms with Gasteiger partial charge in [0.1, 0.15) is 11.8 Å². The molecule has 1 amide bonds. The Hall–Kier alpha value is -2.01. The van der Waals surface area contributed by atoms with E-state index in [-0.39, 0.29) is 0 Å². The first-order valence-electron chi connectivity index (χ1n) is 6.06. The van der Waals surface area contributed by atoms with Crippen molar-refractivity contribution in [2.75, 3.05) is 12.4 Å². The second-order valence-electron chi connectivity index (χ2n) is 4.23. The quantitative estimate of drug-likeness (QED) is 0.883. The summed E-state index contributed by atoms with van der Waals surface area (Å²) in [5, 5.41) is 3.12.